The molecule has 0 amide bonds. The maximum absolute atomic E-state index is 14.8. The van der Waals surface area contributed by atoms with E-state index in [2.05, 4.69) is 62.0 Å². The fourth-order valence-electron chi connectivity index (χ4n) is 10.1. The first-order valence-electron chi connectivity index (χ1n) is 26.2. The lowest BCUT2D eigenvalue weighted by atomic mass is 9.73. The summed E-state index contributed by atoms with van der Waals surface area (Å²) in [4.78, 5) is 31.3. The van der Waals surface area contributed by atoms with Gasteiger partial charge in [0.05, 0.1) is 59.5 Å². The number of methoxy groups -OCH3 is 3. The van der Waals surface area contributed by atoms with Crippen LogP contribution in [-0.4, -0.2) is 198 Å². The van der Waals surface area contributed by atoms with Gasteiger partial charge < -0.3 is 76.9 Å². The largest absolute Gasteiger partial charge is 0.483 e. The van der Waals surface area contributed by atoms with E-state index < -0.39 is 118 Å². The van der Waals surface area contributed by atoms with Gasteiger partial charge in [-0.3, -0.25) is 9.59 Å². The zero-order chi connectivity index (χ0) is 58.1. The highest BCUT2D eigenvalue weighted by Crippen LogP contribution is 2.43. The van der Waals surface area contributed by atoms with Gasteiger partial charge in [0.25, 0.3) is 6.47 Å². The van der Waals surface area contributed by atoms with Crippen LogP contribution in [0.15, 0.2) is 5.16 Å². The summed E-state index contributed by atoms with van der Waals surface area (Å²) in [6, 6.07) is -0.0377. The summed E-state index contributed by atoms with van der Waals surface area (Å²) >= 11 is 3.53. The lowest BCUT2D eigenvalue weighted by Gasteiger charge is -2.51. The molecule has 0 saturated carbocycles. The number of hydrogen-bond acceptors (Lipinski definition) is 19. The Morgan fingerprint density at radius 2 is 1.34 bits per heavy atom. The highest BCUT2D eigenvalue weighted by atomic mass is 32.1. The van der Waals surface area contributed by atoms with Crippen molar-refractivity contribution in [2.75, 3.05) is 48.3 Å². The lowest BCUT2D eigenvalue weighted by Crippen LogP contribution is -2.63. The van der Waals surface area contributed by atoms with Gasteiger partial charge >= 0.3 is 5.97 Å². The van der Waals surface area contributed by atoms with E-state index in [1.807, 2.05) is 55.6 Å². The van der Waals surface area contributed by atoms with Crippen LogP contribution in [0, 0.1) is 23.7 Å². The van der Waals surface area contributed by atoms with Crippen molar-refractivity contribution >= 4 is 47.4 Å². The molecule has 0 aromatic rings. The number of likely N-dealkylation sites (N-methyl/N-ethyl adjacent to an activating group) is 1. The first-order chi connectivity index (χ1) is 33.9. The standard InChI is InChI=1S/C48H94N2O14Si2.C2H6O.CH2O2.CH4S/c1-24-35-48(12,53)40(51)30(4)37(49-64-45(8,9)54-15)28(2)26-46(10,55-16)41(61-44-39(62-65(18,19)20)34(50(13)14)25-29(3)57-44)31(5)38(32(6)43(52)59-35)60-36-27-47(11,56-17)42(33(7)58-36)63-66(21,22)23;1-2-3;2-1-3;1-2/h28-36,38-42,44,51,53H,24-27H2,1-23H3;3H,2H2,1H3;1H,(H,2,3);2H,1H3/t28-,29-,30+,31+,32-,33+,34?,35-,36?,38+,39?,40-,41-,42?,44?,46-,47?,48-;;;/m1.../s1. The van der Waals surface area contributed by atoms with E-state index in [-0.39, 0.29) is 44.2 Å². The molecule has 6 unspecified atom stereocenters. The Balaban J connectivity index is 0.00000626. The van der Waals surface area contributed by atoms with E-state index in [9.17, 15) is 15.0 Å². The van der Waals surface area contributed by atoms with Gasteiger partial charge in [-0.25, -0.2) is 0 Å². The van der Waals surface area contributed by atoms with Crippen LogP contribution in [0.1, 0.15) is 116 Å². The molecule has 3 aliphatic heterocycles. The van der Waals surface area contributed by atoms with Gasteiger partial charge in [0.15, 0.2) is 29.2 Å². The van der Waals surface area contributed by atoms with E-state index in [4.69, 9.17) is 66.6 Å². The number of rotatable bonds is 15. The first-order valence-corrected chi connectivity index (χ1v) is 33.9. The van der Waals surface area contributed by atoms with Gasteiger partial charge in [-0.1, -0.05) is 32.9 Å². The van der Waals surface area contributed by atoms with Gasteiger partial charge in [0.1, 0.15) is 17.8 Å². The number of aliphatic hydroxyl groups is 3. The van der Waals surface area contributed by atoms with Gasteiger partial charge in [0.2, 0.25) is 5.79 Å². The first kappa shape index (κ1) is 72.7. The van der Waals surface area contributed by atoms with Gasteiger partial charge in [0, 0.05) is 72.0 Å². The van der Waals surface area contributed by atoms with Gasteiger partial charge in [-0.15, -0.1) is 0 Å². The molecule has 19 nitrogen and oxygen atoms in total. The van der Waals surface area contributed by atoms with Crippen LogP contribution < -0.4 is 0 Å². The second kappa shape index (κ2) is 31.5. The van der Waals surface area contributed by atoms with Crippen molar-refractivity contribution < 1.29 is 81.6 Å². The summed E-state index contributed by atoms with van der Waals surface area (Å²) in [5, 5.41) is 43.5. The van der Waals surface area contributed by atoms with Crippen molar-refractivity contribution in [2.45, 2.75) is 245 Å². The van der Waals surface area contributed by atoms with Crippen LogP contribution >= 0.6 is 12.6 Å². The van der Waals surface area contributed by atoms with Gasteiger partial charge in [-0.2, -0.15) is 12.6 Å². The third-order valence-corrected chi connectivity index (χ3v) is 16.0. The Kier molecular flexibility index (Phi) is 30.9. The number of esters is 1. The van der Waals surface area contributed by atoms with Crippen LogP contribution in [0.2, 0.25) is 39.3 Å². The Morgan fingerprint density at radius 1 is 0.838 bits per heavy atom. The van der Waals surface area contributed by atoms with Gasteiger partial charge in [-0.05, 0) is 127 Å². The third kappa shape index (κ3) is 21.0. The van der Waals surface area contributed by atoms with Crippen LogP contribution in [0.3, 0.4) is 0 Å². The molecular weight excluding hydrogens is 1010 g/mol. The van der Waals surface area contributed by atoms with Crippen LogP contribution in [0.25, 0.3) is 0 Å². The molecule has 4 N–H and O–H groups in total. The number of thiol groups is 1. The fourth-order valence-corrected chi connectivity index (χ4v) is 12.4. The maximum atomic E-state index is 14.8. The lowest BCUT2D eigenvalue weighted by molar-refractivity contribution is -0.316. The van der Waals surface area contributed by atoms with E-state index in [1.165, 1.54) is 14.0 Å². The van der Waals surface area contributed by atoms with E-state index in [0.717, 1.165) is 6.42 Å². The van der Waals surface area contributed by atoms with E-state index in [0.29, 0.717) is 12.1 Å². The molecule has 0 aromatic carbocycles. The van der Waals surface area contributed by atoms with Crippen LogP contribution in [0.4, 0.5) is 0 Å². The number of nitrogens with zero attached hydrogens (tertiary/aromatic N) is 2. The van der Waals surface area contributed by atoms with Crippen molar-refractivity contribution in [3.05, 3.63) is 0 Å². The molecule has 0 radical (unpaired) electrons. The summed E-state index contributed by atoms with van der Waals surface area (Å²) in [6.07, 6.45) is -4.30. The number of ether oxygens (including phenoxy) is 8. The smallest absolute Gasteiger partial charge is 0.311 e. The monoisotopic (exact) mass is 1120 g/mol. The summed E-state index contributed by atoms with van der Waals surface area (Å²) in [7, 11) is 4.68. The second-order valence-corrected chi connectivity index (χ2v) is 32.2. The average Bonchev–Trinajstić information content (AvgIpc) is 3.30. The minimum atomic E-state index is -2.19. The second-order valence-electron chi connectivity index (χ2n) is 23.3. The molecule has 74 heavy (non-hydrogen) atoms. The number of hydrogen-bond donors (Lipinski definition) is 5. The van der Waals surface area contributed by atoms with Crippen molar-refractivity contribution in [1.29, 1.82) is 0 Å². The molecule has 0 aromatic heterocycles. The highest BCUT2D eigenvalue weighted by molar-refractivity contribution is 7.79. The van der Waals surface area contributed by atoms with Crippen molar-refractivity contribution in [3.63, 3.8) is 0 Å². The van der Waals surface area contributed by atoms with Crippen LogP contribution in [-0.2, 0) is 61.2 Å². The molecule has 0 aliphatic carbocycles. The molecule has 0 spiro atoms. The Labute approximate surface area is 454 Å². The Bertz CT molecular complexity index is 1660. The summed E-state index contributed by atoms with van der Waals surface area (Å²) in [6.45, 7) is 36.8. The molecule has 22 heteroatoms. The number of oxime groups is 1. The topological polar surface area (TPSA) is 232 Å². The van der Waals surface area contributed by atoms with Crippen LogP contribution in [0.5, 0.6) is 0 Å². The molecule has 3 aliphatic rings. The number of carbonyl (C=O) groups excluding carboxylic acids is 1. The van der Waals surface area contributed by atoms with E-state index >= 15 is 0 Å². The average molecular weight is 1120 g/mol. The van der Waals surface area contributed by atoms with Crippen molar-refractivity contribution in [3.8, 4) is 0 Å². The Morgan fingerprint density at radius 3 is 1.78 bits per heavy atom. The fraction of sp³-hybridized carbons (Fsp3) is 0.942. The molecule has 3 heterocycles. The molecule has 3 fully saturated rings. The molecule has 440 valence electrons. The SMILES string of the molecule is CCO.CC[C@H]1OC(=O)[C@H](C)[C@@H](OC2CC(C)(OC)C(O[Si](C)(C)C)[C@H](C)O2)[C@H](C)[C@@H](OC2O[C@H](C)CC(N(C)C)C2O[Si](C)(C)C)[C@](C)(OC)C[C@@H](C)C(=NOC(C)(C)OC)[C@H](C)[C@@H](O)[C@]1(C)O.CS.O=CO. The summed E-state index contributed by atoms with van der Waals surface area (Å²) in [5.74, 6) is -4.58. The minimum absolute atomic E-state index is 0.0377. The third-order valence-electron chi connectivity index (χ3n) is 14.1. The predicted molar refractivity (Wildman–Crippen MR) is 296 cm³/mol. The quantitative estimate of drug-likeness (QED) is 0.0265. The molecular formula is C52H106N2O17SSi2. The number of aliphatic hydroxyl groups excluding tert-OH is 2. The predicted octanol–water partition coefficient (Wildman–Crippen LogP) is 7.59. The minimum Gasteiger partial charge on any atom is -0.483 e. The van der Waals surface area contributed by atoms with Crippen molar-refractivity contribution in [1.82, 2.24) is 4.90 Å². The zero-order valence-corrected chi connectivity index (χ0v) is 53.1. The van der Waals surface area contributed by atoms with E-state index in [1.54, 1.807) is 62.0 Å². The molecule has 18 atom stereocenters. The highest BCUT2D eigenvalue weighted by Gasteiger charge is 2.55. The number of carboxylic acid groups (broad SMARTS) is 1. The number of carbonyl (C=O) groups is 2. The normalized spacial score (nSPS) is 38.4. The molecule has 3 saturated heterocycles. The van der Waals surface area contributed by atoms with Crippen molar-refractivity contribution in [2.24, 2.45) is 28.8 Å². The number of cyclic esters (lactones) is 1. The molecule has 3 rings (SSSR count). The Hall–Kier alpha value is -1.33. The summed E-state index contributed by atoms with van der Waals surface area (Å²) in [5.41, 5.74) is -3.44. The summed E-state index contributed by atoms with van der Waals surface area (Å²) < 4.78 is 66.4. The molecule has 0 bridgehead atoms. The maximum Gasteiger partial charge on any atom is 0.311 e. The zero-order valence-electron chi connectivity index (χ0n) is 50.2.